The van der Waals surface area contributed by atoms with E-state index < -0.39 is 5.97 Å². The van der Waals surface area contributed by atoms with Crippen LogP contribution in [0.1, 0.15) is 12.5 Å². The molecule has 0 bridgehead atoms. The Morgan fingerprint density at radius 2 is 1.71 bits per heavy atom. The summed E-state index contributed by atoms with van der Waals surface area (Å²) in [5.41, 5.74) is 3.40. The molecule has 2 aromatic carbocycles. The summed E-state index contributed by atoms with van der Waals surface area (Å²) in [5.74, 6) is -0.392. The molecule has 0 saturated carbocycles. The van der Waals surface area contributed by atoms with Crippen LogP contribution in [0, 0.1) is 0 Å². The molecule has 0 saturated heterocycles. The Hall–Kier alpha value is -2.55. The molecule has 0 spiro atoms. The van der Waals surface area contributed by atoms with Gasteiger partial charge in [0.2, 0.25) is 0 Å². The van der Waals surface area contributed by atoms with Crippen LogP contribution < -0.4 is 0 Å². The Balaban J connectivity index is 1.87. The van der Waals surface area contributed by atoms with Gasteiger partial charge in [0.15, 0.2) is 0 Å². The Bertz CT molecular complexity index is 586. The predicted molar refractivity (Wildman–Crippen MR) is 82.4 cm³/mol. The maximum atomic E-state index is 11.1. The molecule has 0 unspecified atom stereocenters. The molecular weight excluding hydrogens is 266 g/mol. The highest BCUT2D eigenvalue weighted by Gasteiger charge is 1.98. The van der Waals surface area contributed by atoms with Gasteiger partial charge in [-0.15, -0.1) is 0 Å². The monoisotopic (exact) mass is 284 g/mol. The van der Waals surface area contributed by atoms with E-state index in [1.54, 1.807) is 6.92 Å². The summed E-state index contributed by atoms with van der Waals surface area (Å²) < 4.78 is 10.1. The third kappa shape index (κ3) is 4.80. The predicted octanol–water partition coefficient (Wildman–Crippen LogP) is 3.95. The third-order valence-corrected chi connectivity index (χ3v) is 2.90. The maximum Gasteiger partial charge on any atom is 0.333 e. The number of hydrogen-bond acceptors (Lipinski definition) is 3. The SMILES string of the molecule is C[14CH2]OC(=O)/C=C/OCc1ccc(-c2ccccc2)cc1. The van der Waals surface area contributed by atoms with E-state index in [0.29, 0.717) is 13.2 Å². The lowest BCUT2D eigenvalue weighted by molar-refractivity contribution is -0.137. The molecule has 0 radical (unpaired) electrons. The lowest BCUT2D eigenvalue weighted by Gasteiger charge is -2.04. The summed E-state index contributed by atoms with van der Waals surface area (Å²) in [5, 5.41) is 0. The summed E-state index contributed by atoms with van der Waals surface area (Å²) in [4.78, 5) is 11.1. The fraction of sp³-hybridized carbons (Fsp3) is 0.167. The minimum atomic E-state index is -0.392. The summed E-state index contributed by atoms with van der Waals surface area (Å²) in [6.07, 6.45) is 2.64. The molecular formula is C18H18O3. The smallest absolute Gasteiger partial charge is 0.333 e. The standard InChI is InChI=1S/C18H18O3/c1-2-21-18(19)12-13-20-14-15-8-10-17(11-9-15)16-6-4-3-5-7-16/h3-13H,2,14H2,1H3/b13-12+/i2+2. The van der Waals surface area contributed by atoms with Gasteiger partial charge in [0.05, 0.1) is 18.9 Å². The normalized spacial score (nSPS) is 10.5. The number of esters is 1. The zero-order valence-electron chi connectivity index (χ0n) is 12.0. The molecule has 0 aliphatic heterocycles. The fourth-order valence-electron chi connectivity index (χ4n) is 1.86. The van der Waals surface area contributed by atoms with Crippen LogP contribution in [-0.2, 0) is 20.9 Å². The molecule has 0 atom stereocenters. The van der Waals surface area contributed by atoms with E-state index in [1.807, 2.05) is 30.3 Å². The van der Waals surface area contributed by atoms with Gasteiger partial charge in [0.1, 0.15) is 6.61 Å². The zero-order valence-corrected chi connectivity index (χ0v) is 12.0. The van der Waals surface area contributed by atoms with Crippen molar-refractivity contribution in [2.75, 3.05) is 6.61 Å². The van der Waals surface area contributed by atoms with Crippen LogP contribution in [0.2, 0.25) is 0 Å². The lowest BCUT2D eigenvalue weighted by atomic mass is 10.0. The number of rotatable bonds is 6. The van der Waals surface area contributed by atoms with Crippen LogP contribution in [0.15, 0.2) is 66.9 Å². The minimum Gasteiger partial charge on any atom is -0.496 e. The number of ether oxygens (including phenoxy) is 2. The van der Waals surface area contributed by atoms with Gasteiger partial charge in [-0.05, 0) is 23.6 Å². The fourth-order valence-corrected chi connectivity index (χ4v) is 1.86. The van der Waals surface area contributed by atoms with Crippen molar-refractivity contribution in [2.24, 2.45) is 0 Å². The van der Waals surface area contributed by atoms with E-state index in [-0.39, 0.29) is 0 Å². The maximum absolute atomic E-state index is 11.1. The molecule has 3 nitrogen and oxygen atoms in total. The highest BCUT2D eigenvalue weighted by molar-refractivity contribution is 5.81. The van der Waals surface area contributed by atoms with Gasteiger partial charge in [-0.2, -0.15) is 0 Å². The highest BCUT2D eigenvalue weighted by atomic mass is 16.7. The second-order valence-electron chi connectivity index (χ2n) is 4.43. The molecule has 0 aromatic heterocycles. The van der Waals surface area contributed by atoms with E-state index in [9.17, 15) is 4.79 Å². The van der Waals surface area contributed by atoms with Crippen LogP contribution >= 0.6 is 0 Å². The topological polar surface area (TPSA) is 35.5 Å². The Kier molecular flexibility index (Phi) is 5.59. The van der Waals surface area contributed by atoms with Crippen LogP contribution in [0.4, 0.5) is 0 Å². The van der Waals surface area contributed by atoms with Crippen molar-refractivity contribution >= 4 is 5.97 Å². The number of hydrogen-bond donors (Lipinski definition) is 0. The van der Waals surface area contributed by atoms with Gasteiger partial charge in [-0.25, -0.2) is 4.79 Å². The van der Waals surface area contributed by atoms with Crippen molar-refractivity contribution in [1.29, 1.82) is 0 Å². The molecule has 0 heterocycles. The van der Waals surface area contributed by atoms with Crippen molar-refractivity contribution in [1.82, 2.24) is 0 Å². The van der Waals surface area contributed by atoms with Crippen molar-refractivity contribution in [3.8, 4) is 11.1 Å². The van der Waals surface area contributed by atoms with Gasteiger partial charge < -0.3 is 9.47 Å². The van der Waals surface area contributed by atoms with Gasteiger partial charge in [0.25, 0.3) is 0 Å². The van der Waals surface area contributed by atoms with E-state index >= 15 is 0 Å². The highest BCUT2D eigenvalue weighted by Crippen LogP contribution is 2.19. The average Bonchev–Trinajstić information content (AvgIpc) is 2.53. The summed E-state index contributed by atoms with van der Waals surface area (Å²) in [6, 6.07) is 18.3. The van der Waals surface area contributed by atoms with E-state index in [4.69, 9.17) is 9.47 Å². The molecule has 3 heteroatoms. The van der Waals surface area contributed by atoms with Gasteiger partial charge in [-0.3, -0.25) is 0 Å². The molecule has 0 aliphatic carbocycles. The van der Waals surface area contributed by atoms with E-state index in [1.165, 1.54) is 23.5 Å². The zero-order chi connectivity index (χ0) is 14.9. The first-order chi connectivity index (χ1) is 10.3. The molecule has 21 heavy (non-hydrogen) atoms. The van der Waals surface area contributed by atoms with Crippen LogP contribution in [0.3, 0.4) is 0 Å². The Morgan fingerprint density at radius 1 is 1.05 bits per heavy atom. The second kappa shape index (κ2) is 7.90. The van der Waals surface area contributed by atoms with Crippen molar-refractivity contribution in [3.63, 3.8) is 0 Å². The van der Waals surface area contributed by atoms with Crippen molar-refractivity contribution < 1.29 is 14.3 Å². The molecule has 2 rings (SSSR count). The summed E-state index contributed by atoms with van der Waals surface area (Å²) >= 11 is 0. The van der Waals surface area contributed by atoms with E-state index in [0.717, 1.165) is 5.56 Å². The van der Waals surface area contributed by atoms with Crippen molar-refractivity contribution in [3.05, 3.63) is 72.5 Å². The average molecular weight is 284 g/mol. The quantitative estimate of drug-likeness (QED) is 0.458. The Labute approximate surface area is 124 Å². The first-order valence-corrected chi connectivity index (χ1v) is 6.89. The van der Waals surface area contributed by atoms with Gasteiger partial charge >= 0.3 is 5.97 Å². The molecule has 2 aromatic rings. The summed E-state index contributed by atoms with van der Waals surface area (Å²) in [7, 11) is 0. The molecule has 0 N–H and O–H groups in total. The largest absolute Gasteiger partial charge is 0.496 e. The number of carbonyl (C=O) groups excluding carboxylic acids is 1. The Morgan fingerprint density at radius 3 is 2.38 bits per heavy atom. The van der Waals surface area contributed by atoms with E-state index in [2.05, 4.69) is 24.3 Å². The second-order valence-corrected chi connectivity index (χ2v) is 4.43. The van der Waals surface area contributed by atoms with Crippen LogP contribution in [0.5, 0.6) is 0 Å². The van der Waals surface area contributed by atoms with Crippen LogP contribution in [-0.4, -0.2) is 12.6 Å². The number of benzene rings is 2. The first-order valence-electron chi connectivity index (χ1n) is 6.89. The molecule has 0 amide bonds. The minimum absolute atomic E-state index is 0.365. The number of carbonyl (C=O) groups is 1. The van der Waals surface area contributed by atoms with Crippen molar-refractivity contribution in [2.45, 2.75) is 13.5 Å². The molecule has 0 fully saturated rings. The van der Waals surface area contributed by atoms with Gasteiger partial charge in [0, 0.05) is 0 Å². The van der Waals surface area contributed by atoms with Gasteiger partial charge in [-0.1, -0.05) is 54.6 Å². The van der Waals surface area contributed by atoms with Crippen LogP contribution in [0.25, 0.3) is 11.1 Å². The molecule has 108 valence electrons. The third-order valence-electron chi connectivity index (χ3n) is 2.90. The summed E-state index contributed by atoms with van der Waals surface area (Å²) in [6.45, 7) is 2.55. The first kappa shape index (κ1) is 14.9. The lowest BCUT2D eigenvalue weighted by Crippen LogP contribution is -1.99. The molecule has 0 aliphatic rings.